The molecular formula is C27H48O4S. The van der Waals surface area contributed by atoms with E-state index in [9.17, 15) is 8.42 Å². The molecule has 32 heavy (non-hydrogen) atoms. The van der Waals surface area contributed by atoms with E-state index in [1.165, 1.54) is 57.8 Å². The van der Waals surface area contributed by atoms with Gasteiger partial charge in [0.05, 0.1) is 6.10 Å². The van der Waals surface area contributed by atoms with Gasteiger partial charge >= 0.3 is 10.4 Å². The lowest BCUT2D eigenvalue weighted by Crippen LogP contribution is -2.54. The molecule has 4 aliphatic rings. The van der Waals surface area contributed by atoms with E-state index in [1.807, 2.05) is 0 Å². The molecule has 0 heterocycles. The van der Waals surface area contributed by atoms with Crippen molar-refractivity contribution in [1.29, 1.82) is 0 Å². The van der Waals surface area contributed by atoms with Crippen LogP contribution in [-0.2, 0) is 14.6 Å². The summed E-state index contributed by atoms with van der Waals surface area (Å²) < 4.78 is 36.6. The van der Waals surface area contributed by atoms with Gasteiger partial charge in [-0.05, 0) is 110 Å². The molecule has 4 saturated carbocycles. The predicted octanol–water partition coefficient (Wildman–Crippen LogP) is 7.30. The quantitative estimate of drug-likeness (QED) is 0.398. The zero-order valence-corrected chi connectivity index (χ0v) is 22.0. The fraction of sp³-hybridized carbons (Fsp3) is 1.00. The van der Waals surface area contributed by atoms with Gasteiger partial charge in [-0.3, -0.25) is 4.55 Å². The third kappa shape index (κ3) is 4.69. The van der Waals surface area contributed by atoms with Gasteiger partial charge in [0.25, 0.3) is 0 Å². The van der Waals surface area contributed by atoms with Crippen molar-refractivity contribution in [2.24, 2.45) is 52.3 Å². The Kier molecular flexibility index (Phi) is 7.14. The van der Waals surface area contributed by atoms with E-state index in [4.69, 9.17) is 8.74 Å². The van der Waals surface area contributed by atoms with Crippen molar-refractivity contribution in [2.45, 2.75) is 118 Å². The van der Waals surface area contributed by atoms with Crippen molar-refractivity contribution in [3.63, 3.8) is 0 Å². The summed E-state index contributed by atoms with van der Waals surface area (Å²) in [6, 6.07) is 0. The molecule has 1 N–H and O–H groups in total. The molecule has 0 aromatic carbocycles. The minimum atomic E-state index is -4.35. The first kappa shape index (κ1) is 25.0. The zero-order valence-electron chi connectivity index (χ0n) is 21.2. The van der Waals surface area contributed by atoms with E-state index >= 15 is 0 Å². The summed E-state index contributed by atoms with van der Waals surface area (Å²) in [6.07, 6.45) is 14.5. The van der Waals surface area contributed by atoms with Gasteiger partial charge in [-0.15, -0.1) is 0 Å². The second-order valence-corrected chi connectivity index (χ2v) is 14.2. The Balaban J connectivity index is 1.43. The molecule has 0 aromatic rings. The second kappa shape index (κ2) is 9.15. The summed E-state index contributed by atoms with van der Waals surface area (Å²) in [5, 5.41) is 0. The van der Waals surface area contributed by atoms with E-state index in [-0.39, 0.29) is 6.10 Å². The summed E-state index contributed by atoms with van der Waals surface area (Å²) in [5.74, 6) is 5.59. The van der Waals surface area contributed by atoms with Crippen molar-refractivity contribution in [3.05, 3.63) is 0 Å². The van der Waals surface area contributed by atoms with Crippen molar-refractivity contribution >= 4 is 10.4 Å². The highest BCUT2D eigenvalue weighted by molar-refractivity contribution is 7.80. The van der Waals surface area contributed by atoms with Crippen LogP contribution in [0.4, 0.5) is 0 Å². The molecule has 0 saturated heterocycles. The summed E-state index contributed by atoms with van der Waals surface area (Å²) in [6.45, 7) is 12.4. The van der Waals surface area contributed by atoms with Gasteiger partial charge in [-0.2, -0.15) is 8.42 Å². The Morgan fingerprint density at radius 1 is 0.906 bits per heavy atom. The third-order valence-corrected chi connectivity index (χ3v) is 11.6. The molecule has 0 aliphatic heterocycles. The number of hydrogen-bond donors (Lipinski definition) is 1. The standard InChI is InChI=1S/C27H48O4S/c1-18(2)7-6-8-19(3)23-11-12-24-22-10-9-20-17-21(31-32(28,29)30)13-15-26(20,4)25(22)14-16-27(23,24)5/h18-25H,6-17H2,1-5H3,(H,28,29,30)/t19-,20+,21+,22+,23-,24+,25+,26+,27-/m1/s1. The molecule has 186 valence electrons. The van der Waals surface area contributed by atoms with Crippen molar-refractivity contribution in [3.8, 4) is 0 Å². The molecule has 0 bridgehead atoms. The highest BCUT2D eigenvalue weighted by Crippen LogP contribution is 2.68. The molecule has 5 heteroatoms. The SMILES string of the molecule is CC(C)CCC[C@@H](C)[C@H]1CC[C@H]2[C@@H]3CC[C@H]4C[C@@H](OS(=O)(=O)O)CC[C@]4(C)[C@H]3CC[C@]12C. The summed E-state index contributed by atoms with van der Waals surface area (Å²) in [7, 11) is -4.35. The lowest BCUT2D eigenvalue weighted by atomic mass is 9.44. The first-order valence-corrected chi connectivity index (χ1v) is 15.0. The topological polar surface area (TPSA) is 63.6 Å². The summed E-state index contributed by atoms with van der Waals surface area (Å²) in [4.78, 5) is 0. The molecule has 0 radical (unpaired) electrons. The molecule has 0 amide bonds. The van der Waals surface area contributed by atoms with Gasteiger partial charge in [0.1, 0.15) is 0 Å². The Hall–Kier alpha value is -0.130. The Morgan fingerprint density at radius 3 is 2.28 bits per heavy atom. The maximum Gasteiger partial charge on any atom is 0.397 e. The smallest absolute Gasteiger partial charge is 0.264 e. The van der Waals surface area contributed by atoms with Crippen molar-refractivity contribution in [2.75, 3.05) is 0 Å². The van der Waals surface area contributed by atoms with Crippen LogP contribution in [0.2, 0.25) is 0 Å². The second-order valence-electron chi connectivity index (χ2n) is 13.1. The van der Waals surface area contributed by atoms with Crippen LogP contribution in [0.25, 0.3) is 0 Å². The van der Waals surface area contributed by atoms with Crippen LogP contribution in [0.15, 0.2) is 0 Å². The van der Waals surface area contributed by atoms with E-state index < -0.39 is 10.4 Å². The normalized spacial score (nSPS) is 45.2. The largest absolute Gasteiger partial charge is 0.397 e. The van der Waals surface area contributed by atoms with E-state index in [0.717, 1.165) is 54.8 Å². The molecule has 4 nitrogen and oxygen atoms in total. The monoisotopic (exact) mass is 468 g/mol. The summed E-state index contributed by atoms with van der Waals surface area (Å²) in [5.41, 5.74) is 0.831. The van der Waals surface area contributed by atoms with Gasteiger partial charge in [-0.25, -0.2) is 4.18 Å². The fourth-order valence-electron chi connectivity index (χ4n) is 9.50. The van der Waals surface area contributed by atoms with Crippen LogP contribution in [0.5, 0.6) is 0 Å². The average molecular weight is 469 g/mol. The van der Waals surface area contributed by atoms with Gasteiger partial charge in [0, 0.05) is 0 Å². The van der Waals surface area contributed by atoms with E-state index in [1.54, 1.807) is 0 Å². The molecule has 0 aromatic heterocycles. The molecule has 0 unspecified atom stereocenters. The fourth-order valence-corrected chi connectivity index (χ4v) is 10.0. The van der Waals surface area contributed by atoms with Gasteiger partial charge < -0.3 is 0 Å². The molecule has 4 fully saturated rings. The molecular weight excluding hydrogens is 420 g/mol. The highest BCUT2D eigenvalue weighted by Gasteiger charge is 2.60. The maximum absolute atomic E-state index is 11.2. The maximum atomic E-state index is 11.2. The molecule has 4 aliphatic carbocycles. The Bertz CT molecular complexity index is 764. The highest BCUT2D eigenvalue weighted by atomic mass is 32.3. The predicted molar refractivity (Wildman–Crippen MR) is 129 cm³/mol. The van der Waals surface area contributed by atoms with Gasteiger partial charge in [0.2, 0.25) is 0 Å². The average Bonchev–Trinajstić information content (AvgIpc) is 3.04. The lowest BCUT2D eigenvalue weighted by molar-refractivity contribution is -0.127. The molecule has 4 rings (SSSR count). The first-order chi connectivity index (χ1) is 14.9. The van der Waals surface area contributed by atoms with Crippen LogP contribution >= 0.6 is 0 Å². The van der Waals surface area contributed by atoms with Crippen LogP contribution in [0.1, 0.15) is 112 Å². The minimum Gasteiger partial charge on any atom is -0.264 e. The van der Waals surface area contributed by atoms with E-state index in [2.05, 4.69) is 34.6 Å². The molecule has 9 atom stereocenters. The number of rotatable bonds is 7. The van der Waals surface area contributed by atoms with Crippen LogP contribution in [-0.4, -0.2) is 19.1 Å². The van der Waals surface area contributed by atoms with Gasteiger partial charge in [-0.1, -0.05) is 53.9 Å². The summed E-state index contributed by atoms with van der Waals surface area (Å²) >= 11 is 0. The van der Waals surface area contributed by atoms with Crippen LogP contribution in [0, 0.1) is 52.3 Å². The van der Waals surface area contributed by atoms with Crippen molar-refractivity contribution in [1.82, 2.24) is 0 Å². The minimum absolute atomic E-state index is 0.310. The zero-order chi connectivity index (χ0) is 23.3. The van der Waals surface area contributed by atoms with Crippen molar-refractivity contribution < 1.29 is 17.2 Å². The Labute approximate surface area is 197 Å². The number of hydrogen-bond acceptors (Lipinski definition) is 3. The third-order valence-electron chi connectivity index (χ3n) is 11.1. The van der Waals surface area contributed by atoms with Crippen LogP contribution in [0.3, 0.4) is 0 Å². The molecule has 0 spiro atoms. The number of fused-ring (bicyclic) bond motifs is 5. The first-order valence-electron chi connectivity index (χ1n) is 13.6. The van der Waals surface area contributed by atoms with Crippen LogP contribution < -0.4 is 0 Å². The van der Waals surface area contributed by atoms with Gasteiger partial charge in [0.15, 0.2) is 0 Å². The lowest BCUT2D eigenvalue weighted by Gasteiger charge is -2.61. The Morgan fingerprint density at radius 2 is 1.59 bits per heavy atom. The van der Waals surface area contributed by atoms with E-state index in [0.29, 0.717) is 16.7 Å².